The molecule has 6 heterocycles. The Balaban J connectivity index is 0.000000491. The van der Waals surface area contributed by atoms with Crippen LogP contribution in [0.15, 0.2) is 6.20 Å². The van der Waals surface area contributed by atoms with Gasteiger partial charge in [0.05, 0.1) is 25.0 Å². The summed E-state index contributed by atoms with van der Waals surface area (Å²) < 4.78 is 75.0. The van der Waals surface area contributed by atoms with Crippen LogP contribution in [0.1, 0.15) is 31.4 Å². The van der Waals surface area contributed by atoms with Gasteiger partial charge in [0.1, 0.15) is 0 Å². The lowest BCUT2D eigenvalue weighted by atomic mass is 10.2. The smallest absolute Gasteiger partial charge is 0.378 e. The van der Waals surface area contributed by atoms with Gasteiger partial charge in [0, 0.05) is 72.0 Å². The number of likely N-dealkylation sites (tertiary alicyclic amines) is 1. The summed E-state index contributed by atoms with van der Waals surface area (Å²) in [4.78, 5) is 37.6. The highest BCUT2D eigenvalue weighted by molar-refractivity contribution is 7.88. The predicted molar refractivity (Wildman–Crippen MR) is 167 cm³/mol. The number of amides is 1. The minimum Gasteiger partial charge on any atom is -0.378 e. The Morgan fingerprint density at radius 2 is 1.68 bits per heavy atom. The van der Waals surface area contributed by atoms with Gasteiger partial charge in [0.25, 0.3) is 0 Å². The highest BCUT2D eigenvalue weighted by Crippen LogP contribution is 2.39. The van der Waals surface area contributed by atoms with Crippen LogP contribution in [-0.4, -0.2) is 125 Å². The maximum absolute atomic E-state index is 14.0. The van der Waals surface area contributed by atoms with Gasteiger partial charge in [-0.15, -0.1) is 0 Å². The molecule has 15 nitrogen and oxygen atoms in total. The number of rotatable bonds is 6. The second-order valence-electron chi connectivity index (χ2n) is 12.2. The molecule has 1 aliphatic carbocycles. The number of ether oxygens (including phenoxy) is 1. The van der Waals surface area contributed by atoms with E-state index in [2.05, 4.69) is 19.9 Å². The van der Waals surface area contributed by atoms with Crippen LogP contribution in [0.4, 0.5) is 30.9 Å². The van der Waals surface area contributed by atoms with Crippen LogP contribution in [0.3, 0.4) is 0 Å². The molecule has 1 amide bonds. The summed E-state index contributed by atoms with van der Waals surface area (Å²) in [5.41, 5.74) is 4.79. The number of fused-ring (bicyclic) bond motifs is 1. The number of nitrogen functional groups attached to an aromatic ring is 1. The first-order valence-corrected chi connectivity index (χ1v) is 17.4. The Kier molecular flexibility index (Phi) is 9.14. The average molecular weight is 682 g/mol. The number of hydrogen-bond acceptors (Lipinski definition) is 12. The zero-order valence-corrected chi connectivity index (χ0v) is 27.1. The Hall–Kier alpha value is -3.84. The van der Waals surface area contributed by atoms with E-state index in [-0.39, 0.29) is 11.4 Å². The van der Waals surface area contributed by atoms with Gasteiger partial charge in [-0.3, -0.25) is 9.36 Å². The highest BCUT2D eigenvalue weighted by Gasteiger charge is 2.38. The summed E-state index contributed by atoms with van der Waals surface area (Å²) in [6.07, 6.45) is 1.25. The van der Waals surface area contributed by atoms with E-state index in [9.17, 15) is 26.4 Å². The fourth-order valence-electron chi connectivity index (χ4n) is 5.84. The molecule has 256 valence electrons. The number of imidazole rings is 1. The summed E-state index contributed by atoms with van der Waals surface area (Å²) in [5.74, 6) is 1.01. The van der Waals surface area contributed by atoms with Crippen molar-refractivity contribution in [1.29, 1.82) is 0 Å². The first kappa shape index (κ1) is 33.1. The van der Waals surface area contributed by atoms with Crippen LogP contribution in [0, 0.1) is 5.92 Å². The number of halogens is 3. The topological polar surface area (TPSA) is 169 Å². The van der Waals surface area contributed by atoms with E-state index in [0.717, 1.165) is 38.4 Å². The SMILES string of the molecule is CN1CCCC1=O.CS(=O)(=O)N1CCN(c2nc3c(N4CCOCC4)nc(-c4cnc(N)nc4C(F)(F)F)nc3n2CC2CC2)CC1. The predicted octanol–water partition coefficient (Wildman–Crippen LogP) is 1.45. The van der Waals surface area contributed by atoms with Crippen molar-refractivity contribution in [3.63, 3.8) is 0 Å². The van der Waals surface area contributed by atoms with Crippen LogP contribution in [-0.2, 0) is 32.3 Å². The van der Waals surface area contributed by atoms with Gasteiger partial charge in [0.15, 0.2) is 28.5 Å². The largest absolute Gasteiger partial charge is 0.434 e. The molecule has 4 aliphatic rings. The zero-order chi connectivity index (χ0) is 33.5. The van der Waals surface area contributed by atoms with Gasteiger partial charge in [-0.2, -0.15) is 17.5 Å². The quantitative estimate of drug-likeness (QED) is 0.398. The lowest BCUT2D eigenvalue weighted by Crippen LogP contribution is -2.49. The Morgan fingerprint density at radius 3 is 2.23 bits per heavy atom. The molecule has 3 aromatic heterocycles. The van der Waals surface area contributed by atoms with Crippen molar-refractivity contribution in [2.75, 3.05) is 87.9 Å². The number of alkyl halides is 3. The Morgan fingerprint density at radius 1 is 0.979 bits per heavy atom. The van der Waals surface area contributed by atoms with Gasteiger partial charge in [-0.25, -0.2) is 33.3 Å². The molecule has 4 fully saturated rings. The number of nitrogens with zero attached hydrogens (tertiary/aromatic N) is 10. The number of aromatic nitrogens is 6. The Labute approximate surface area is 270 Å². The second kappa shape index (κ2) is 13.0. The number of carbonyl (C=O) groups is 1. The maximum Gasteiger partial charge on any atom is 0.434 e. The first-order chi connectivity index (χ1) is 22.3. The number of anilines is 3. The molecular formula is C28H38F3N11O4S. The Bertz CT molecular complexity index is 1740. The molecule has 3 aliphatic heterocycles. The minimum atomic E-state index is -4.80. The lowest BCUT2D eigenvalue weighted by molar-refractivity contribution is -0.140. The standard InChI is InChI=1S/C23H29F3N10O3S.C5H9NO/c1-40(37,38)35-6-4-34(5-7-35)22-29-16-19(33-8-10-39-11-9-33)31-18(32-20(16)36(22)13-14-2-3-14)15-12-28-21(27)30-17(15)23(24,25)26;1-6-4-2-3-5(6)7/h12,14H,2-11,13H2,1H3,(H2,27,28,30);2-4H2,1H3. The van der Waals surface area contributed by atoms with E-state index in [0.29, 0.717) is 93.8 Å². The van der Waals surface area contributed by atoms with Crippen molar-refractivity contribution in [1.82, 2.24) is 38.7 Å². The average Bonchev–Trinajstić information content (AvgIpc) is 3.68. The molecule has 7 rings (SSSR count). The summed E-state index contributed by atoms with van der Waals surface area (Å²) in [6, 6.07) is 0. The van der Waals surface area contributed by atoms with Crippen molar-refractivity contribution < 1.29 is 31.1 Å². The maximum atomic E-state index is 14.0. The van der Waals surface area contributed by atoms with E-state index in [1.54, 1.807) is 4.90 Å². The third-order valence-electron chi connectivity index (χ3n) is 8.62. The third kappa shape index (κ3) is 7.35. The van der Waals surface area contributed by atoms with Crippen LogP contribution in [0.2, 0.25) is 0 Å². The number of nitrogens with two attached hydrogens (primary N) is 1. The third-order valence-corrected chi connectivity index (χ3v) is 9.92. The van der Waals surface area contributed by atoms with Crippen molar-refractivity contribution >= 4 is 44.8 Å². The summed E-state index contributed by atoms with van der Waals surface area (Å²) in [5, 5.41) is 0. The molecule has 0 aromatic carbocycles. The van der Waals surface area contributed by atoms with Gasteiger partial charge in [-0.05, 0) is 25.2 Å². The van der Waals surface area contributed by atoms with Crippen molar-refractivity contribution in [2.24, 2.45) is 5.92 Å². The first-order valence-electron chi connectivity index (χ1n) is 15.5. The highest BCUT2D eigenvalue weighted by atomic mass is 32.2. The molecule has 3 saturated heterocycles. The van der Waals surface area contributed by atoms with Gasteiger partial charge in [0.2, 0.25) is 27.8 Å². The summed E-state index contributed by atoms with van der Waals surface area (Å²) >= 11 is 0. The zero-order valence-electron chi connectivity index (χ0n) is 26.3. The minimum absolute atomic E-state index is 0.174. The van der Waals surface area contributed by atoms with E-state index in [1.807, 2.05) is 21.4 Å². The molecule has 0 radical (unpaired) electrons. The van der Waals surface area contributed by atoms with Crippen LogP contribution < -0.4 is 15.5 Å². The van der Waals surface area contributed by atoms with Crippen LogP contribution >= 0.6 is 0 Å². The number of sulfonamides is 1. The fraction of sp³-hybridized carbons (Fsp3) is 0.643. The number of morpholine rings is 1. The van der Waals surface area contributed by atoms with Gasteiger partial charge >= 0.3 is 6.18 Å². The van der Waals surface area contributed by atoms with E-state index in [4.69, 9.17) is 15.5 Å². The molecule has 47 heavy (non-hydrogen) atoms. The lowest BCUT2D eigenvalue weighted by Gasteiger charge is -2.34. The van der Waals surface area contributed by atoms with Crippen molar-refractivity contribution in [2.45, 2.75) is 38.4 Å². The van der Waals surface area contributed by atoms with Gasteiger partial charge in [-0.1, -0.05) is 0 Å². The van der Waals surface area contributed by atoms with E-state index < -0.39 is 27.8 Å². The van der Waals surface area contributed by atoms with E-state index in [1.165, 1.54) is 10.6 Å². The van der Waals surface area contributed by atoms with Crippen LogP contribution in [0.25, 0.3) is 22.6 Å². The molecule has 0 atom stereocenters. The molecule has 2 N–H and O–H groups in total. The molecule has 0 bridgehead atoms. The summed E-state index contributed by atoms with van der Waals surface area (Å²) in [7, 11) is -1.48. The number of piperazine rings is 1. The van der Waals surface area contributed by atoms with Crippen molar-refractivity contribution in [3.05, 3.63) is 11.9 Å². The normalized spacial score (nSPS) is 19.8. The summed E-state index contributed by atoms with van der Waals surface area (Å²) in [6.45, 7) is 4.80. The van der Waals surface area contributed by atoms with Crippen LogP contribution in [0.5, 0.6) is 0 Å². The molecule has 0 unspecified atom stereocenters. The molecule has 0 spiro atoms. The molecule has 19 heteroatoms. The van der Waals surface area contributed by atoms with Gasteiger partial charge < -0.3 is 25.2 Å². The molecule has 3 aromatic rings. The number of hydrogen-bond donors (Lipinski definition) is 1. The van der Waals surface area contributed by atoms with Crippen molar-refractivity contribution in [3.8, 4) is 11.4 Å². The monoisotopic (exact) mass is 681 g/mol. The molecular weight excluding hydrogens is 643 g/mol. The number of carbonyl (C=O) groups excluding carboxylic acids is 1. The fourth-order valence-corrected chi connectivity index (χ4v) is 6.66. The van der Waals surface area contributed by atoms with E-state index >= 15 is 0 Å². The second-order valence-corrected chi connectivity index (χ2v) is 14.1. The molecule has 1 saturated carbocycles.